The Hall–Kier alpha value is -10.2. The number of hydrogen-bond acceptors (Lipinski definition) is 5. The summed E-state index contributed by atoms with van der Waals surface area (Å²) in [6, 6.07) is 91.8. The van der Waals surface area contributed by atoms with Crippen molar-refractivity contribution in [1.82, 2.24) is 15.0 Å². The molecule has 0 bridgehead atoms. The molecule has 76 heavy (non-hydrogen) atoms. The minimum absolute atomic E-state index is 0.566. The van der Waals surface area contributed by atoms with E-state index < -0.39 is 0 Å². The molecule has 0 radical (unpaired) electrons. The summed E-state index contributed by atoms with van der Waals surface area (Å²) in [6.45, 7) is 0. The van der Waals surface area contributed by atoms with Gasteiger partial charge in [-0.3, -0.25) is 0 Å². The van der Waals surface area contributed by atoms with E-state index in [9.17, 15) is 0 Å². The van der Waals surface area contributed by atoms with Gasteiger partial charge in [-0.2, -0.15) is 0 Å². The van der Waals surface area contributed by atoms with E-state index in [0.717, 1.165) is 116 Å². The van der Waals surface area contributed by atoms with Gasteiger partial charge in [0.2, 0.25) is 0 Å². The molecule has 0 unspecified atom stereocenters. The molecule has 0 amide bonds. The van der Waals surface area contributed by atoms with Crippen LogP contribution in [0.4, 0.5) is 0 Å². The number of rotatable bonds is 8. The van der Waals surface area contributed by atoms with Crippen molar-refractivity contribution in [1.29, 1.82) is 0 Å². The Balaban J connectivity index is 0.915. The standard InChI is InChI=1S/C71H43N3O2/c1-4-16-44(17-5-1)46-30-32-48(33-31-46)53-42-59(49-36-34-47(35-37-49)45-18-6-2-7-19-45)68-62(43-53)66-55(26-14-29-65(66)76-68)52-38-39-63-61(41-52)67-58(27-15-28-64(67)75-63)70-72-69(50-20-8-3-9-21-50)73-71(74-70)60-40-51-22-10-11-23-54(51)56-24-12-13-25-57(56)60/h1-43H. The summed E-state index contributed by atoms with van der Waals surface area (Å²) in [6.07, 6.45) is 0. The molecule has 12 aromatic carbocycles. The molecule has 0 fully saturated rings. The number of furan rings is 2. The fraction of sp³-hybridized carbons (Fsp3) is 0. The lowest BCUT2D eigenvalue weighted by Crippen LogP contribution is -2.01. The van der Waals surface area contributed by atoms with Crippen LogP contribution in [-0.2, 0) is 0 Å². The predicted molar refractivity (Wildman–Crippen MR) is 313 cm³/mol. The SMILES string of the molecule is c1ccc(-c2ccc(-c3cc(-c4ccc(-c5ccccc5)cc4)c4oc5cccc(-c6ccc7oc8cccc(-c9nc(-c%10ccccc%10)nc(-c%10cc%11ccccc%11c%11ccccc%10%11)n9)c8c7c6)c5c4c3)cc2)cc1. The molecule has 354 valence electrons. The number of hydrogen-bond donors (Lipinski definition) is 0. The summed E-state index contributed by atoms with van der Waals surface area (Å²) in [7, 11) is 0. The largest absolute Gasteiger partial charge is 0.456 e. The molecule has 3 heterocycles. The third kappa shape index (κ3) is 7.36. The third-order valence-electron chi connectivity index (χ3n) is 14.9. The van der Waals surface area contributed by atoms with E-state index in [2.05, 4.69) is 231 Å². The van der Waals surface area contributed by atoms with Gasteiger partial charge in [0.1, 0.15) is 22.3 Å². The first kappa shape index (κ1) is 43.4. The molecule has 5 heteroatoms. The predicted octanol–water partition coefficient (Wildman–Crippen LogP) is 19.3. The van der Waals surface area contributed by atoms with Gasteiger partial charge in [-0.25, -0.2) is 15.0 Å². The van der Waals surface area contributed by atoms with Crippen molar-refractivity contribution in [3.05, 3.63) is 261 Å². The lowest BCUT2D eigenvalue weighted by Gasteiger charge is -2.13. The van der Waals surface area contributed by atoms with E-state index in [0.29, 0.717) is 17.5 Å². The van der Waals surface area contributed by atoms with Gasteiger partial charge in [0.25, 0.3) is 0 Å². The van der Waals surface area contributed by atoms with Crippen LogP contribution in [0.5, 0.6) is 0 Å². The summed E-state index contributed by atoms with van der Waals surface area (Å²) in [4.78, 5) is 15.8. The van der Waals surface area contributed by atoms with Gasteiger partial charge in [0.05, 0.1) is 0 Å². The van der Waals surface area contributed by atoms with Crippen LogP contribution in [0, 0.1) is 0 Å². The van der Waals surface area contributed by atoms with Gasteiger partial charge in [0, 0.05) is 43.8 Å². The van der Waals surface area contributed by atoms with Crippen LogP contribution in [0.1, 0.15) is 0 Å². The zero-order valence-electron chi connectivity index (χ0n) is 41.0. The van der Waals surface area contributed by atoms with Crippen LogP contribution in [-0.4, -0.2) is 15.0 Å². The Morgan fingerprint density at radius 1 is 0.224 bits per heavy atom. The molecule has 0 aliphatic rings. The van der Waals surface area contributed by atoms with Gasteiger partial charge in [-0.15, -0.1) is 0 Å². The Morgan fingerprint density at radius 3 is 1.39 bits per heavy atom. The van der Waals surface area contributed by atoms with Crippen molar-refractivity contribution in [2.24, 2.45) is 0 Å². The first-order valence-electron chi connectivity index (χ1n) is 25.6. The van der Waals surface area contributed by atoms with Gasteiger partial charge in [0.15, 0.2) is 17.5 Å². The van der Waals surface area contributed by atoms with Crippen molar-refractivity contribution in [2.45, 2.75) is 0 Å². The highest BCUT2D eigenvalue weighted by molar-refractivity contribution is 6.19. The lowest BCUT2D eigenvalue weighted by atomic mass is 9.92. The van der Waals surface area contributed by atoms with E-state index in [-0.39, 0.29) is 0 Å². The Kier molecular flexibility index (Phi) is 10.1. The third-order valence-corrected chi connectivity index (χ3v) is 14.9. The highest BCUT2D eigenvalue weighted by Crippen LogP contribution is 2.46. The highest BCUT2D eigenvalue weighted by atomic mass is 16.3. The molecule has 0 saturated carbocycles. The summed E-state index contributed by atoms with van der Waals surface area (Å²) in [5, 5.41) is 8.53. The van der Waals surface area contributed by atoms with Crippen LogP contribution < -0.4 is 0 Å². The number of fused-ring (bicyclic) bond motifs is 9. The van der Waals surface area contributed by atoms with Gasteiger partial charge >= 0.3 is 0 Å². The van der Waals surface area contributed by atoms with Crippen LogP contribution in [0.2, 0.25) is 0 Å². The molecule has 0 atom stereocenters. The van der Waals surface area contributed by atoms with Crippen molar-refractivity contribution in [3.63, 3.8) is 0 Å². The zero-order chi connectivity index (χ0) is 50.1. The van der Waals surface area contributed by atoms with Crippen molar-refractivity contribution >= 4 is 65.4 Å². The molecule has 0 aliphatic heterocycles. The fourth-order valence-electron chi connectivity index (χ4n) is 11.3. The maximum absolute atomic E-state index is 7.01. The van der Waals surface area contributed by atoms with Gasteiger partial charge in [-0.1, -0.05) is 218 Å². The average Bonchev–Trinajstić information content (AvgIpc) is 4.18. The molecule has 0 N–H and O–H groups in total. The molecule has 0 spiro atoms. The fourth-order valence-corrected chi connectivity index (χ4v) is 11.3. The highest BCUT2D eigenvalue weighted by Gasteiger charge is 2.23. The molecule has 0 aliphatic carbocycles. The Bertz CT molecular complexity index is 4720. The van der Waals surface area contributed by atoms with Gasteiger partial charge < -0.3 is 8.83 Å². The van der Waals surface area contributed by atoms with E-state index >= 15 is 0 Å². The smallest absolute Gasteiger partial charge is 0.164 e. The molecule has 5 nitrogen and oxygen atoms in total. The van der Waals surface area contributed by atoms with Crippen LogP contribution >= 0.6 is 0 Å². The summed E-state index contributed by atoms with van der Waals surface area (Å²) in [5.41, 5.74) is 17.0. The quantitative estimate of drug-likeness (QED) is 0.142. The molecule has 15 rings (SSSR count). The maximum atomic E-state index is 7.01. The number of aromatic nitrogens is 3. The normalized spacial score (nSPS) is 11.7. The first-order chi connectivity index (χ1) is 37.6. The zero-order valence-corrected chi connectivity index (χ0v) is 41.0. The van der Waals surface area contributed by atoms with Crippen molar-refractivity contribution in [3.8, 4) is 89.8 Å². The molecular formula is C71H43N3O2. The lowest BCUT2D eigenvalue weighted by molar-refractivity contribution is 0.669. The Labute approximate surface area is 437 Å². The van der Waals surface area contributed by atoms with E-state index in [1.54, 1.807) is 0 Å². The average molecular weight is 970 g/mol. The van der Waals surface area contributed by atoms with Crippen molar-refractivity contribution < 1.29 is 8.83 Å². The number of benzene rings is 12. The van der Waals surface area contributed by atoms with E-state index in [4.69, 9.17) is 23.8 Å². The Morgan fingerprint density at radius 2 is 0.711 bits per heavy atom. The van der Waals surface area contributed by atoms with E-state index in [1.807, 2.05) is 30.3 Å². The number of nitrogens with zero attached hydrogens (tertiary/aromatic N) is 3. The van der Waals surface area contributed by atoms with Crippen molar-refractivity contribution in [2.75, 3.05) is 0 Å². The first-order valence-corrected chi connectivity index (χ1v) is 25.6. The second-order valence-corrected chi connectivity index (χ2v) is 19.4. The second-order valence-electron chi connectivity index (χ2n) is 19.4. The topological polar surface area (TPSA) is 65.0 Å². The van der Waals surface area contributed by atoms with Crippen LogP contribution in [0.3, 0.4) is 0 Å². The summed E-state index contributed by atoms with van der Waals surface area (Å²) in [5.74, 6) is 1.77. The van der Waals surface area contributed by atoms with Crippen LogP contribution in [0.15, 0.2) is 270 Å². The summed E-state index contributed by atoms with van der Waals surface area (Å²) < 4.78 is 13.7. The maximum Gasteiger partial charge on any atom is 0.164 e. The van der Waals surface area contributed by atoms with Gasteiger partial charge in [-0.05, 0) is 114 Å². The molecule has 0 saturated heterocycles. The minimum Gasteiger partial charge on any atom is -0.456 e. The second kappa shape index (κ2) is 17.8. The molecule has 15 aromatic rings. The molecule has 3 aromatic heterocycles. The minimum atomic E-state index is 0.566. The van der Waals surface area contributed by atoms with E-state index in [1.165, 1.54) is 22.1 Å². The summed E-state index contributed by atoms with van der Waals surface area (Å²) >= 11 is 0. The van der Waals surface area contributed by atoms with Crippen LogP contribution in [0.25, 0.3) is 155 Å². The monoisotopic (exact) mass is 969 g/mol. The molecular weight excluding hydrogens is 927 g/mol.